The number of nitriles is 1. The molecule has 0 heterocycles. The lowest BCUT2D eigenvalue weighted by Gasteiger charge is -2.68. The fourth-order valence-electron chi connectivity index (χ4n) is 9.99. The monoisotopic (exact) mass is 648 g/mol. The van der Waals surface area contributed by atoms with Crippen LogP contribution in [0, 0.1) is 57.6 Å². The van der Waals surface area contributed by atoms with E-state index in [2.05, 4.69) is 55.6 Å². The van der Waals surface area contributed by atoms with Crippen molar-refractivity contribution >= 4 is 28.5 Å². The van der Waals surface area contributed by atoms with Crippen molar-refractivity contribution in [2.24, 2.45) is 40.4 Å². The molecule has 1 aromatic rings. The van der Waals surface area contributed by atoms with Crippen molar-refractivity contribution in [1.82, 2.24) is 5.32 Å². The summed E-state index contributed by atoms with van der Waals surface area (Å²) in [5.41, 5.74) is 0.846. The molecule has 214 valence electrons. The van der Waals surface area contributed by atoms with E-state index in [4.69, 9.17) is 10.00 Å². The lowest BCUT2D eigenvalue weighted by Crippen LogP contribution is -2.64. The van der Waals surface area contributed by atoms with Crippen LogP contribution in [0.4, 0.5) is 4.39 Å². The first-order valence-corrected chi connectivity index (χ1v) is 16.4. The fourth-order valence-corrected chi connectivity index (χ4v) is 12.4. The lowest BCUT2D eigenvalue weighted by molar-refractivity contribution is -0.129. The highest BCUT2D eigenvalue weighted by Crippen LogP contribution is 2.71. The first-order chi connectivity index (χ1) is 18.6. The number of carbonyl (C=O) groups is 1. The highest BCUT2D eigenvalue weighted by atomic mass is 127. The SMILES string of the molecule is CCOC[C@H]1CC[C@]2(C)C3CC[C@]4(C)C([C@@H](C)NC(=O)c5ccc(C#N)cc5F)CCC[C@H]4[C@]3(I)CC[C@@H]2C1. The number of rotatable bonds is 6. The van der Waals surface area contributed by atoms with Crippen LogP contribution in [0.5, 0.6) is 0 Å². The van der Waals surface area contributed by atoms with Crippen molar-refractivity contribution in [3.05, 3.63) is 35.1 Å². The van der Waals surface area contributed by atoms with Crippen LogP contribution in [0.2, 0.25) is 0 Å². The van der Waals surface area contributed by atoms with Crippen molar-refractivity contribution in [3.63, 3.8) is 0 Å². The second-order valence-corrected chi connectivity index (χ2v) is 15.7. The highest BCUT2D eigenvalue weighted by molar-refractivity contribution is 14.1. The van der Waals surface area contributed by atoms with Gasteiger partial charge in [0.1, 0.15) is 5.82 Å². The van der Waals surface area contributed by atoms with Crippen LogP contribution in [-0.2, 0) is 4.74 Å². The maximum atomic E-state index is 14.6. The van der Waals surface area contributed by atoms with Gasteiger partial charge < -0.3 is 10.1 Å². The van der Waals surface area contributed by atoms with Gasteiger partial charge in [-0.1, -0.05) is 42.9 Å². The topological polar surface area (TPSA) is 62.1 Å². The molecular formula is C33H46FIN2O2. The number of amides is 1. The van der Waals surface area contributed by atoms with Crippen molar-refractivity contribution in [3.8, 4) is 6.07 Å². The summed E-state index contributed by atoms with van der Waals surface area (Å²) < 4.78 is 20.7. The quantitative estimate of drug-likeness (QED) is 0.251. The predicted molar refractivity (Wildman–Crippen MR) is 161 cm³/mol. The summed E-state index contributed by atoms with van der Waals surface area (Å²) in [7, 11) is 0. The maximum absolute atomic E-state index is 14.6. The Labute approximate surface area is 248 Å². The zero-order valence-electron chi connectivity index (χ0n) is 24.2. The van der Waals surface area contributed by atoms with E-state index in [0.29, 0.717) is 20.7 Å². The average Bonchev–Trinajstić information content (AvgIpc) is 2.91. The normalized spacial score (nSPS) is 40.4. The standard InChI is InChI=1S/C33H46FIN2O2/c1-5-39-20-23-11-14-31(3)24(17-23)12-16-33(35)28-8-6-7-26(32(28,4)15-13-29(31)33)21(2)37-30(38)25-10-9-22(19-36)18-27(25)34/h9-10,18,21,23-24,26,28-29H,5-8,11-17,20H2,1-4H3,(H,37,38)/t21-,23+,24-,26?,28-,29?,31+,32-,33-/m1/s1. The van der Waals surface area contributed by atoms with Gasteiger partial charge >= 0.3 is 0 Å². The van der Waals surface area contributed by atoms with E-state index in [1.54, 1.807) is 0 Å². The first kappa shape index (κ1) is 29.3. The number of hydrogen-bond acceptors (Lipinski definition) is 3. The molecule has 0 aliphatic heterocycles. The van der Waals surface area contributed by atoms with Crippen LogP contribution in [-0.4, -0.2) is 28.6 Å². The second kappa shape index (κ2) is 11.2. The van der Waals surface area contributed by atoms with Gasteiger partial charge in [0, 0.05) is 22.7 Å². The van der Waals surface area contributed by atoms with Gasteiger partial charge in [-0.25, -0.2) is 4.39 Å². The Morgan fingerprint density at radius 1 is 1.15 bits per heavy atom. The summed E-state index contributed by atoms with van der Waals surface area (Å²) >= 11 is 2.93. The molecule has 6 heteroatoms. The van der Waals surface area contributed by atoms with E-state index >= 15 is 0 Å². The molecule has 4 fully saturated rings. The van der Waals surface area contributed by atoms with Gasteiger partial charge in [0.05, 0.1) is 17.2 Å². The number of nitrogens with zero attached hydrogens (tertiary/aromatic N) is 1. The maximum Gasteiger partial charge on any atom is 0.254 e. The third-order valence-corrected chi connectivity index (χ3v) is 14.0. The predicted octanol–water partition coefficient (Wildman–Crippen LogP) is 8.07. The van der Waals surface area contributed by atoms with Crippen LogP contribution in [0.15, 0.2) is 18.2 Å². The zero-order chi connectivity index (χ0) is 28.0. The molecule has 9 atom stereocenters. The Hall–Kier alpha value is -1.20. The van der Waals surface area contributed by atoms with Gasteiger partial charge in [0.15, 0.2) is 0 Å². The molecule has 4 aliphatic carbocycles. The Kier molecular flexibility index (Phi) is 8.44. The molecule has 1 N–H and O–H groups in total. The van der Waals surface area contributed by atoms with Gasteiger partial charge in [-0.15, -0.1) is 0 Å². The summed E-state index contributed by atoms with van der Waals surface area (Å²) in [5, 5.41) is 12.2. The van der Waals surface area contributed by atoms with Gasteiger partial charge in [-0.3, -0.25) is 4.79 Å². The number of halogens is 2. The van der Waals surface area contributed by atoms with Crippen LogP contribution in [0.1, 0.15) is 108 Å². The molecule has 1 aromatic carbocycles. The molecule has 5 rings (SSSR count). The van der Waals surface area contributed by atoms with Crippen molar-refractivity contribution in [2.75, 3.05) is 13.2 Å². The average molecular weight is 649 g/mol. The summed E-state index contributed by atoms with van der Waals surface area (Å²) in [6.45, 7) is 11.1. The molecule has 2 unspecified atom stereocenters. The zero-order valence-corrected chi connectivity index (χ0v) is 26.4. The van der Waals surface area contributed by atoms with Gasteiger partial charge in [-0.2, -0.15) is 5.26 Å². The van der Waals surface area contributed by atoms with Crippen molar-refractivity contribution in [1.29, 1.82) is 5.26 Å². The third-order valence-electron chi connectivity index (χ3n) is 12.0. The number of ether oxygens (including phenoxy) is 1. The van der Waals surface area contributed by atoms with E-state index in [9.17, 15) is 9.18 Å². The minimum atomic E-state index is -0.626. The van der Waals surface area contributed by atoms with Crippen LogP contribution < -0.4 is 5.32 Å². The van der Waals surface area contributed by atoms with Crippen molar-refractivity contribution in [2.45, 2.75) is 101 Å². The van der Waals surface area contributed by atoms with E-state index in [0.717, 1.165) is 43.5 Å². The fraction of sp³-hybridized carbons (Fsp3) is 0.758. The van der Waals surface area contributed by atoms with E-state index in [-0.39, 0.29) is 28.5 Å². The number of nitrogens with one attached hydrogen (secondary N) is 1. The molecule has 0 spiro atoms. The first-order valence-electron chi connectivity index (χ1n) is 15.3. The molecular weight excluding hydrogens is 602 g/mol. The highest BCUT2D eigenvalue weighted by Gasteiger charge is 2.65. The lowest BCUT2D eigenvalue weighted by atomic mass is 9.41. The molecule has 4 saturated carbocycles. The molecule has 0 radical (unpaired) electrons. The van der Waals surface area contributed by atoms with Gasteiger partial charge in [0.2, 0.25) is 0 Å². The molecule has 1 amide bonds. The van der Waals surface area contributed by atoms with Crippen molar-refractivity contribution < 1.29 is 13.9 Å². The van der Waals surface area contributed by atoms with Gasteiger partial charge in [0.25, 0.3) is 5.91 Å². The number of hydrogen-bond donors (Lipinski definition) is 1. The Morgan fingerprint density at radius 3 is 2.62 bits per heavy atom. The molecule has 4 aliphatic rings. The van der Waals surface area contributed by atoms with E-state index < -0.39 is 5.82 Å². The van der Waals surface area contributed by atoms with E-state index in [1.807, 2.05) is 6.07 Å². The molecule has 39 heavy (non-hydrogen) atoms. The summed E-state index contributed by atoms with van der Waals surface area (Å²) in [6, 6.07) is 6.02. The molecule has 0 aromatic heterocycles. The second-order valence-electron chi connectivity index (χ2n) is 13.7. The largest absolute Gasteiger partial charge is 0.381 e. The number of benzene rings is 1. The van der Waals surface area contributed by atoms with Gasteiger partial charge in [-0.05, 0) is 130 Å². The van der Waals surface area contributed by atoms with Crippen LogP contribution in [0.25, 0.3) is 0 Å². The Balaban J connectivity index is 1.33. The van der Waals surface area contributed by atoms with Crippen LogP contribution in [0.3, 0.4) is 0 Å². The number of fused-ring (bicyclic) bond motifs is 5. The summed E-state index contributed by atoms with van der Waals surface area (Å²) in [5.74, 6) is 2.32. The number of alkyl halides is 1. The molecule has 0 saturated heterocycles. The summed E-state index contributed by atoms with van der Waals surface area (Å²) in [6.07, 6.45) is 12.7. The molecule has 4 nitrogen and oxygen atoms in total. The minimum absolute atomic E-state index is 0.0265. The van der Waals surface area contributed by atoms with Crippen LogP contribution >= 0.6 is 22.6 Å². The summed E-state index contributed by atoms with van der Waals surface area (Å²) in [4.78, 5) is 13.1. The number of carbonyl (C=O) groups excluding carboxylic acids is 1. The Bertz CT molecular complexity index is 1120. The smallest absolute Gasteiger partial charge is 0.254 e. The minimum Gasteiger partial charge on any atom is -0.381 e. The third kappa shape index (κ3) is 5.07. The van der Waals surface area contributed by atoms with E-state index in [1.165, 1.54) is 69.9 Å². The molecule has 0 bridgehead atoms. The Morgan fingerprint density at radius 2 is 1.90 bits per heavy atom.